The fraction of sp³-hybridized carbons (Fsp3) is 0.176. The molecule has 0 atom stereocenters. The maximum absolute atomic E-state index is 6.89. The van der Waals surface area contributed by atoms with E-state index in [-0.39, 0.29) is 0 Å². The van der Waals surface area contributed by atoms with Gasteiger partial charge in [0.25, 0.3) is 0 Å². The molecule has 0 aliphatic heterocycles. The Bertz CT molecular complexity index is 3480. The first-order valence-corrected chi connectivity index (χ1v) is 25.5. The van der Waals surface area contributed by atoms with Crippen LogP contribution >= 0.6 is 0 Å². The zero-order chi connectivity index (χ0) is 48.9. The number of anilines is 6. The number of fused-ring (bicyclic) bond motifs is 5. The molecule has 0 spiro atoms. The van der Waals surface area contributed by atoms with Crippen LogP contribution in [0.25, 0.3) is 65.7 Å². The molecule has 0 saturated carbocycles. The van der Waals surface area contributed by atoms with Gasteiger partial charge in [-0.1, -0.05) is 165 Å². The van der Waals surface area contributed by atoms with Crippen LogP contribution in [-0.2, 0) is 0 Å². The lowest BCUT2D eigenvalue weighted by atomic mass is 9.94. The Morgan fingerprint density at radius 1 is 0.296 bits per heavy atom. The second-order valence-electron chi connectivity index (χ2n) is 20.6. The highest BCUT2D eigenvalue weighted by Gasteiger charge is 2.23. The minimum atomic E-state index is 0.394. The molecule has 11 rings (SSSR count). The maximum atomic E-state index is 6.89. The monoisotopic (exact) mass is 922 g/mol. The number of furan rings is 1. The molecule has 3 heteroatoms. The summed E-state index contributed by atoms with van der Waals surface area (Å²) < 4.78 is 6.89. The first-order valence-electron chi connectivity index (χ1n) is 25.5. The molecule has 0 bridgehead atoms. The third-order valence-electron chi connectivity index (χ3n) is 14.5. The molecule has 3 nitrogen and oxygen atoms in total. The van der Waals surface area contributed by atoms with Crippen molar-refractivity contribution in [3.63, 3.8) is 0 Å². The Morgan fingerprint density at radius 2 is 0.676 bits per heavy atom. The summed E-state index contributed by atoms with van der Waals surface area (Å²) in [5, 5.41) is 6.84. The standard InChI is InChI=1S/C68H62N2O/c1-43(2)49-21-15-23-57(33-49)69(65-31-27-51(45(5)6)37-61(65)47-17-11-9-12-18-47)59-29-25-53-39-63-64-40-54-26-30-60(36-56(54)42-68(64)71-67(63)41-55(53)35-59)70(58-24-16-22-50(34-58)44(3)4)66-32-28-52(46(7)8)38-62(66)48-19-13-10-14-20-48/h9-46H,1-8H3. The zero-order valence-electron chi connectivity index (χ0n) is 42.2. The zero-order valence-corrected chi connectivity index (χ0v) is 42.2. The highest BCUT2D eigenvalue weighted by molar-refractivity contribution is 6.14. The summed E-state index contributed by atoms with van der Waals surface area (Å²) >= 11 is 0. The minimum absolute atomic E-state index is 0.394. The second kappa shape index (κ2) is 18.8. The predicted octanol–water partition coefficient (Wildman–Crippen LogP) is 20.7. The highest BCUT2D eigenvalue weighted by Crippen LogP contribution is 2.46. The molecule has 0 saturated heterocycles. The highest BCUT2D eigenvalue weighted by atomic mass is 16.3. The molecule has 10 aromatic carbocycles. The molecule has 0 N–H and O–H groups in total. The van der Waals surface area contributed by atoms with Crippen molar-refractivity contribution >= 4 is 77.6 Å². The van der Waals surface area contributed by atoms with Crippen molar-refractivity contribution in [1.82, 2.24) is 0 Å². The van der Waals surface area contributed by atoms with Gasteiger partial charge < -0.3 is 14.2 Å². The minimum Gasteiger partial charge on any atom is -0.456 e. The van der Waals surface area contributed by atoms with Crippen molar-refractivity contribution in [2.24, 2.45) is 0 Å². The molecule has 0 fully saturated rings. The molecule has 0 amide bonds. The van der Waals surface area contributed by atoms with E-state index in [1.165, 1.54) is 55.3 Å². The van der Waals surface area contributed by atoms with E-state index in [9.17, 15) is 0 Å². The van der Waals surface area contributed by atoms with Crippen LogP contribution in [0.5, 0.6) is 0 Å². The number of benzene rings is 10. The van der Waals surface area contributed by atoms with E-state index in [0.717, 1.165) is 66.8 Å². The summed E-state index contributed by atoms with van der Waals surface area (Å²) in [7, 11) is 0. The summed E-state index contributed by atoms with van der Waals surface area (Å²) in [5.74, 6) is 1.59. The largest absolute Gasteiger partial charge is 0.456 e. The summed E-state index contributed by atoms with van der Waals surface area (Å²) in [6.45, 7) is 18.1. The molecule has 1 aromatic heterocycles. The first kappa shape index (κ1) is 45.6. The molecule has 0 aliphatic rings. The SMILES string of the molecule is CC(C)c1cccc(N(c2ccc3cc4c(cc3c2)oc2cc3cc(N(c5cccc(C(C)C)c5)c5ccc(C(C)C)cc5-c5ccccc5)ccc3cc24)c2ccc(C(C)C)cc2-c2ccccc2)c1. The Kier molecular flexibility index (Phi) is 12.1. The van der Waals surface area contributed by atoms with Crippen LogP contribution in [0.3, 0.4) is 0 Å². The molecular formula is C68H62N2O. The molecule has 1 heterocycles. The average molecular weight is 923 g/mol. The molecule has 11 aromatic rings. The van der Waals surface area contributed by atoms with Crippen molar-refractivity contribution < 1.29 is 4.42 Å². The van der Waals surface area contributed by atoms with E-state index < -0.39 is 0 Å². The second-order valence-corrected chi connectivity index (χ2v) is 20.6. The maximum Gasteiger partial charge on any atom is 0.136 e. The van der Waals surface area contributed by atoms with Crippen LogP contribution in [0.15, 0.2) is 211 Å². The van der Waals surface area contributed by atoms with Crippen molar-refractivity contribution in [3.8, 4) is 22.3 Å². The van der Waals surface area contributed by atoms with Crippen molar-refractivity contribution in [2.75, 3.05) is 9.80 Å². The van der Waals surface area contributed by atoms with Gasteiger partial charge in [-0.25, -0.2) is 0 Å². The number of nitrogens with zero attached hydrogens (tertiary/aromatic N) is 2. The lowest BCUT2D eigenvalue weighted by Crippen LogP contribution is -2.12. The van der Waals surface area contributed by atoms with Crippen LogP contribution in [-0.4, -0.2) is 0 Å². The van der Waals surface area contributed by atoms with E-state index in [1.807, 2.05) is 0 Å². The number of hydrogen-bond acceptors (Lipinski definition) is 3. The van der Waals surface area contributed by atoms with Crippen molar-refractivity contribution in [1.29, 1.82) is 0 Å². The summed E-state index contributed by atoms with van der Waals surface area (Å²) in [4.78, 5) is 4.88. The topological polar surface area (TPSA) is 19.6 Å². The van der Waals surface area contributed by atoms with E-state index in [1.54, 1.807) is 0 Å². The van der Waals surface area contributed by atoms with Gasteiger partial charge in [0.1, 0.15) is 11.2 Å². The fourth-order valence-electron chi connectivity index (χ4n) is 10.3. The Morgan fingerprint density at radius 3 is 1.07 bits per heavy atom. The smallest absolute Gasteiger partial charge is 0.136 e. The summed E-state index contributed by atoms with van der Waals surface area (Å²) in [5.41, 5.74) is 18.6. The third-order valence-corrected chi connectivity index (χ3v) is 14.5. The van der Waals surface area contributed by atoms with Gasteiger partial charge in [-0.2, -0.15) is 0 Å². The lowest BCUT2D eigenvalue weighted by Gasteiger charge is -2.29. The fourth-order valence-corrected chi connectivity index (χ4v) is 10.3. The number of hydrogen-bond donors (Lipinski definition) is 0. The van der Waals surface area contributed by atoms with Crippen LogP contribution < -0.4 is 9.80 Å². The molecule has 71 heavy (non-hydrogen) atoms. The molecule has 0 unspecified atom stereocenters. The first-order chi connectivity index (χ1) is 34.5. The summed E-state index contributed by atoms with van der Waals surface area (Å²) in [6, 6.07) is 76.6. The molecule has 0 radical (unpaired) electrons. The van der Waals surface area contributed by atoms with Gasteiger partial charge in [0.05, 0.1) is 11.4 Å². The van der Waals surface area contributed by atoms with Crippen LogP contribution in [0.4, 0.5) is 34.1 Å². The van der Waals surface area contributed by atoms with E-state index in [0.29, 0.717) is 23.7 Å². The average Bonchev–Trinajstić information content (AvgIpc) is 3.73. The summed E-state index contributed by atoms with van der Waals surface area (Å²) in [6.07, 6.45) is 0. The number of rotatable bonds is 12. The van der Waals surface area contributed by atoms with Crippen molar-refractivity contribution in [2.45, 2.75) is 79.1 Å². The van der Waals surface area contributed by atoms with Crippen LogP contribution in [0, 0.1) is 0 Å². The normalized spacial score (nSPS) is 11.9. The third kappa shape index (κ3) is 8.76. The predicted molar refractivity (Wildman–Crippen MR) is 305 cm³/mol. The molecular weight excluding hydrogens is 861 g/mol. The Hall–Kier alpha value is -7.88. The Labute approximate surface area is 419 Å². The van der Waals surface area contributed by atoms with Gasteiger partial charge in [-0.3, -0.25) is 0 Å². The van der Waals surface area contributed by atoms with Gasteiger partial charge in [0, 0.05) is 44.6 Å². The van der Waals surface area contributed by atoms with Crippen LogP contribution in [0.2, 0.25) is 0 Å². The van der Waals surface area contributed by atoms with Gasteiger partial charge in [0.15, 0.2) is 0 Å². The van der Waals surface area contributed by atoms with E-state index in [4.69, 9.17) is 4.42 Å². The quantitative estimate of drug-likeness (QED) is 0.122. The Balaban J connectivity index is 1.05. The van der Waals surface area contributed by atoms with E-state index >= 15 is 0 Å². The van der Waals surface area contributed by atoms with Gasteiger partial charge in [0.2, 0.25) is 0 Å². The molecule has 350 valence electrons. The van der Waals surface area contributed by atoms with Gasteiger partial charge in [-0.15, -0.1) is 0 Å². The van der Waals surface area contributed by atoms with Crippen molar-refractivity contribution in [3.05, 3.63) is 229 Å². The van der Waals surface area contributed by atoms with Crippen LogP contribution in [0.1, 0.15) is 101 Å². The van der Waals surface area contributed by atoms with Gasteiger partial charge in [-0.05, 0) is 176 Å². The molecule has 0 aliphatic carbocycles. The van der Waals surface area contributed by atoms with Gasteiger partial charge >= 0.3 is 0 Å². The lowest BCUT2D eigenvalue weighted by molar-refractivity contribution is 0.670. The van der Waals surface area contributed by atoms with E-state index in [2.05, 4.69) is 271 Å².